The summed E-state index contributed by atoms with van der Waals surface area (Å²) >= 11 is 0. The molecule has 0 spiro atoms. The zero-order valence-corrected chi connectivity index (χ0v) is 33.1. The summed E-state index contributed by atoms with van der Waals surface area (Å²) < 4.78 is 33.5. The zero-order valence-electron chi connectivity index (χ0n) is 29.1. The van der Waals surface area contributed by atoms with Gasteiger partial charge in [0, 0.05) is 10.2 Å². The van der Waals surface area contributed by atoms with E-state index in [1.807, 2.05) is 18.2 Å². The van der Waals surface area contributed by atoms with E-state index in [0.29, 0.717) is 28.6 Å². The van der Waals surface area contributed by atoms with Gasteiger partial charge in [0.15, 0.2) is 34.5 Å². The minimum Gasteiger partial charge on any atom is -0.493 e. The molecule has 0 heterocycles. The lowest BCUT2D eigenvalue weighted by Crippen LogP contribution is -2.19. The van der Waals surface area contributed by atoms with Crippen LogP contribution in [0.4, 0.5) is 0 Å². The van der Waals surface area contributed by atoms with Crippen molar-refractivity contribution in [3.05, 3.63) is 54.6 Å². The first-order valence-corrected chi connectivity index (χ1v) is 20.6. The standard InChI is InChI=1S/C37H51O6Si4/c1-38-28-16-13-19-31(34(28)41-4)45-25-10-7-22-37(44,23-8-11-26-46-32-20-14-17-29(39-2)35(32)42-5)24-9-12-27-47-33-21-15-18-30(40-3)36(33)43-6/h13-21H,7-12,22-27H2,1-6H3. The molecule has 0 bridgehead atoms. The molecule has 47 heavy (non-hydrogen) atoms. The van der Waals surface area contributed by atoms with Crippen molar-refractivity contribution in [1.29, 1.82) is 0 Å². The van der Waals surface area contributed by atoms with E-state index in [1.54, 1.807) is 42.7 Å². The number of ether oxygens (including phenoxy) is 6. The Labute approximate surface area is 294 Å². The Bertz CT molecular complexity index is 1180. The smallest absolute Gasteiger partial charge is 0.160 e. The molecule has 0 aromatic heterocycles. The third-order valence-electron chi connectivity index (χ3n) is 8.40. The van der Waals surface area contributed by atoms with Crippen LogP contribution in [0.15, 0.2) is 54.6 Å². The van der Waals surface area contributed by atoms with Crippen molar-refractivity contribution in [2.75, 3.05) is 42.7 Å². The Hall–Kier alpha value is -2.67. The van der Waals surface area contributed by atoms with Gasteiger partial charge in [0.05, 0.1) is 71.2 Å². The van der Waals surface area contributed by atoms with Gasteiger partial charge in [-0.1, -0.05) is 112 Å². The normalized spacial score (nSPS) is 11.3. The number of hydrogen-bond acceptors (Lipinski definition) is 6. The summed E-state index contributed by atoms with van der Waals surface area (Å²) in [7, 11) is 16.8. The Morgan fingerprint density at radius 2 is 0.745 bits per heavy atom. The lowest BCUT2D eigenvalue weighted by atomic mass is 9.89. The van der Waals surface area contributed by atoms with Crippen molar-refractivity contribution in [2.24, 2.45) is 0 Å². The van der Waals surface area contributed by atoms with Gasteiger partial charge in [-0.15, -0.1) is 0 Å². The summed E-state index contributed by atoms with van der Waals surface area (Å²) in [6.45, 7) is 0. The number of hydrogen-bond donors (Lipinski definition) is 0. The van der Waals surface area contributed by atoms with E-state index in [1.165, 1.54) is 91.5 Å². The van der Waals surface area contributed by atoms with Crippen LogP contribution in [-0.2, 0) is 0 Å². The van der Waals surface area contributed by atoms with Crippen LogP contribution in [0.5, 0.6) is 34.5 Å². The number of unbranched alkanes of at least 4 members (excludes halogenated alkanes) is 3. The fourth-order valence-electron chi connectivity index (χ4n) is 5.89. The molecule has 0 aliphatic carbocycles. The van der Waals surface area contributed by atoms with Crippen molar-refractivity contribution in [1.82, 2.24) is 0 Å². The molecule has 0 unspecified atom stereocenters. The third kappa shape index (κ3) is 12.1. The van der Waals surface area contributed by atoms with Crippen LogP contribution < -0.4 is 44.0 Å². The van der Waals surface area contributed by atoms with Crippen molar-refractivity contribution >= 4 is 54.4 Å². The van der Waals surface area contributed by atoms with E-state index in [0.717, 1.165) is 34.5 Å². The molecule has 0 amide bonds. The second-order valence-corrected chi connectivity index (χ2v) is 16.8. The molecule has 0 aliphatic rings. The average Bonchev–Trinajstić information content (AvgIpc) is 3.10. The van der Waals surface area contributed by atoms with Gasteiger partial charge < -0.3 is 28.4 Å². The minimum absolute atomic E-state index is 0.171. The molecule has 9 radical (unpaired) electrons. The van der Waals surface area contributed by atoms with Crippen LogP contribution in [0, 0.1) is 0 Å². The number of benzene rings is 3. The van der Waals surface area contributed by atoms with E-state index in [4.69, 9.17) is 28.4 Å². The molecule has 0 saturated carbocycles. The fourth-order valence-corrected chi connectivity index (χ4v) is 10.3. The van der Waals surface area contributed by atoms with E-state index in [9.17, 15) is 0 Å². The Morgan fingerprint density at radius 1 is 0.447 bits per heavy atom. The van der Waals surface area contributed by atoms with E-state index < -0.39 is 0 Å². The quantitative estimate of drug-likeness (QED) is 0.0817. The molecule has 251 valence electrons. The first-order chi connectivity index (χ1) is 22.9. The summed E-state index contributed by atoms with van der Waals surface area (Å²) in [5.74, 6) is 5.07. The average molecular weight is 704 g/mol. The molecule has 10 heteroatoms. The highest BCUT2D eigenvalue weighted by Gasteiger charge is 2.23. The molecule has 0 aliphatic heterocycles. The lowest BCUT2D eigenvalue weighted by molar-refractivity contribution is 0.357. The largest absolute Gasteiger partial charge is 0.493 e. The second kappa shape index (κ2) is 21.3. The van der Waals surface area contributed by atoms with Crippen molar-refractivity contribution < 1.29 is 28.4 Å². The maximum Gasteiger partial charge on any atom is 0.160 e. The van der Waals surface area contributed by atoms with Crippen LogP contribution in [0.3, 0.4) is 0 Å². The highest BCUT2D eigenvalue weighted by molar-refractivity contribution is 6.55. The molecule has 0 N–H and O–H groups in total. The van der Waals surface area contributed by atoms with Crippen LogP contribution in [0.2, 0.25) is 23.2 Å². The van der Waals surface area contributed by atoms with Crippen molar-refractivity contribution in [3.63, 3.8) is 0 Å². The molecule has 0 saturated heterocycles. The van der Waals surface area contributed by atoms with Crippen LogP contribution in [0.1, 0.15) is 57.8 Å². The van der Waals surface area contributed by atoms with E-state index in [2.05, 4.69) is 46.6 Å². The summed E-state index contributed by atoms with van der Waals surface area (Å²) in [6, 6.07) is 22.1. The van der Waals surface area contributed by atoms with Crippen molar-refractivity contribution in [3.8, 4) is 34.5 Å². The maximum absolute atomic E-state index is 5.66. The monoisotopic (exact) mass is 703 g/mol. The van der Waals surface area contributed by atoms with E-state index in [-0.39, 0.29) is 5.04 Å². The SMILES string of the molecule is COc1cccc([Si]CCCCC([Si])(CCCC[Si]c2cccc(OC)c2OC)CCCC[Si]c2cccc(OC)c2OC)c1OC. The number of para-hydroxylation sites is 3. The van der Waals surface area contributed by atoms with Crippen LogP contribution >= 0.6 is 0 Å². The summed E-state index contributed by atoms with van der Waals surface area (Å²) in [5, 5.41) is 3.92. The lowest BCUT2D eigenvalue weighted by Gasteiger charge is -2.30. The molecule has 3 aromatic rings. The Balaban J connectivity index is 1.51. The molecule has 3 rings (SSSR count). The van der Waals surface area contributed by atoms with Crippen molar-refractivity contribution in [2.45, 2.75) is 81.0 Å². The third-order valence-corrected chi connectivity index (χ3v) is 13.3. The summed E-state index contributed by atoms with van der Waals surface area (Å²) in [5.41, 5.74) is 0. The molecular weight excluding hydrogens is 653 g/mol. The molecule has 3 aromatic carbocycles. The van der Waals surface area contributed by atoms with Crippen LogP contribution in [-0.4, -0.2) is 81.5 Å². The minimum atomic E-state index is 0.171. The molecular formula is C37H51O6Si4. The predicted octanol–water partition coefficient (Wildman–Crippen LogP) is 6.22. The topological polar surface area (TPSA) is 55.4 Å². The second-order valence-electron chi connectivity index (χ2n) is 11.6. The Kier molecular flexibility index (Phi) is 17.6. The van der Waals surface area contributed by atoms with Gasteiger partial charge in [0.2, 0.25) is 0 Å². The number of methoxy groups -OCH3 is 6. The first-order valence-electron chi connectivity index (χ1n) is 16.5. The maximum atomic E-state index is 5.66. The first kappa shape index (κ1) is 38.8. The van der Waals surface area contributed by atoms with Gasteiger partial charge in [-0.2, -0.15) is 0 Å². The molecule has 6 nitrogen and oxygen atoms in total. The summed E-state index contributed by atoms with van der Waals surface area (Å²) in [4.78, 5) is 0. The molecule has 0 fully saturated rings. The van der Waals surface area contributed by atoms with Gasteiger partial charge in [-0.25, -0.2) is 0 Å². The summed E-state index contributed by atoms with van der Waals surface area (Å²) in [6.07, 6.45) is 10.9. The highest BCUT2D eigenvalue weighted by Crippen LogP contribution is 2.41. The highest BCUT2D eigenvalue weighted by atomic mass is 28.2. The number of rotatable bonds is 24. The van der Waals surface area contributed by atoms with Gasteiger partial charge in [0.25, 0.3) is 0 Å². The predicted molar refractivity (Wildman–Crippen MR) is 199 cm³/mol. The van der Waals surface area contributed by atoms with E-state index >= 15 is 0 Å². The van der Waals surface area contributed by atoms with Gasteiger partial charge in [-0.05, 0) is 38.8 Å². The molecule has 0 atom stereocenters. The zero-order chi connectivity index (χ0) is 33.9. The fraction of sp³-hybridized carbons (Fsp3) is 0.514. The van der Waals surface area contributed by atoms with Gasteiger partial charge >= 0.3 is 0 Å². The van der Waals surface area contributed by atoms with Crippen LogP contribution in [0.25, 0.3) is 0 Å². The van der Waals surface area contributed by atoms with Gasteiger partial charge in [-0.3, -0.25) is 0 Å². The van der Waals surface area contributed by atoms with Gasteiger partial charge in [0.1, 0.15) is 0 Å². The Morgan fingerprint density at radius 3 is 1.00 bits per heavy atom.